The van der Waals surface area contributed by atoms with E-state index in [2.05, 4.69) is 20.1 Å². The van der Waals surface area contributed by atoms with E-state index in [-0.39, 0.29) is 11.8 Å². The van der Waals surface area contributed by atoms with Crippen LogP contribution in [-0.2, 0) is 4.74 Å². The Bertz CT molecular complexity index is 652. The van der Waals surface area contributed by atoms with Crippen LogP contribution in [0.25, 0.3) is 5.65 Å². The van der Waals surface area contributed by atoms with Crippen molar-refractivity contribution in [1.82, 2.24) is 19.6 Å². The molecule has 1 saturated heterocycles. The van der Waals surface area contributed by atoms with E-state index < -0.39 is 0 Å². The largest absolute Gasteiger partial charge is 0.373 e. The van der Waals surface area contributed by atoms with Gasteiger partial charge >= 0.3 is 5.69 Å². The zero-order valence-electron chi connectivity index (χ0n) is 10.5. The van der Waals surface area contributed by atoms with Gasteiger partial charge < -0.3 is 9.64 Å². The molecule has 0 radical (unpaired) electrons. The summed E-state index contributed by atoms with van der Waals surface area (Å²) in [5.41, 5.74) is 0.300. The molecule has 8 heteroatoms. The van der Waals surface area contributed by atoms with Gasteiger partial charge in [-0.1, -0.05) is 0 Å². The van der Waals surface area contributed by atoms with Gasteiger partial charge in [-0.2, -0.15) is 5.10 Å². The molecule has 1 aliphatic heterocycles. The Morgan fingerprint density at radius 2 is 2.47 bits per heavy atom. The number of aromatic nitrogens is 4. The standard InChI is InChI=1S/C11H14ClN5O2/c1-7-13-9(4-10-14-15-11(18)17(7)10)16-2-3-19-8(5-12)6-16/h4,8H,2-3,5-6H2,1H3,(H,15,18). The quantitative estimate of drug-likeness (QED) is 0.795. The lowest BCUT2D eigenvalue weighted by atomic mass is 10.3. The second kappa shape index (κ2) is 4.82. The van der Waals surface area contributed by atoms with Crippen LogP contribution in [0.2, 0.25) is 0 Å². The van der Waals surface area contributed by atoms with Gasteiger partial charge in [0.25, 0.3) is 0 Å². The molecule has 0 aliphatic carbocycles. The predicted octanol–water partition coefficient (Wildman–Crippen LogP) is 0.170. The van der Waals surface area contributed by atoms with Crippen LogP contribution < -0.4 is 10.6 Å². The maximum atomic E-state index is 11.5. The molecule has 3 heterocycles. The number of ether oxygens (including phenoxy) is 1. The highest BCUT2D eigenvalue weighted by molar-refractivity contribution is 6.18. The Kier molecular flexibility index (Phi) is 3.16. The summed E-state index contributed by atoms with van der Waals surface area (Å²) < 4.78 is 6.97. The van der Waals surface area contributed by atoms with Crippen molar-refractivity contribution in [2.24, 2.45) is 0 Å². The van der Waals surface area contributed by atoms with Crippen molar-refractivity contribution >= 4 is 23.1 Å². The molecule has 1 N–H and O–H groups in total. The van der Waals surface area contributed by atoms with Crippen LogP contribution in [-0.4, -0.2) is 51.3 Å². The summed E-state index contributed by atoms with van der Waals surface area (Å²) in [6.45, 7) is 3.86. The number of aromatic amines is 1. The first kappa shape index (κ1) is 12.4. The summed E-state index contributed by atoms with van der Waals surface area (Å²) in [6, 6.07) is 1.79. The molecule has 1 atom stereocenters. The second-order valence-electron chi connectivity index (χ2n) is 4.48. The monoisotopic (exact) mass is 283 g/mol. The van der Waals surface area contributed by atoms with E-state index in [0.29, 0.717) is 30.5 Å². The summed E-state index contributed by atoms with van der Waals surface area (Å²) in [7, 11) is 0. The van der Waals surface area contributed by atoms with Crippen LogP contribution >= 0.6 is 11.6 Å². The van der Waals surface area contributed by atoms with Gasteiger partial charge in [0.1, 0.15) is 11.6 Å². The molecule has 2 aromatic heterocycles. The van der Waals surface area contributed by atoms with Gasteiger partial charge in [0.05, 0.1) is 18.6 Å². The van der Waals surface area contributed by atoms with E-state index in [1.54, 1.807) is 13.0 Å². The smallest absolute Gasteiger partial charge is 0.349 e. The summed E-state index contributed by atoms with van der Waals surface area (Å²) >= 11 is 5.83. The lowest BCUT2D eigenvalue weighted by Crippen LogP contribution is -2.43. The molecule has 0 aromatic carbocycles. The van der Waals surface area contributed by atoms with E-state index in [0.717, 1.165) is 12.4 Å². The molecule has 19 heavy (non-hydrogen) atoms. The topological polar surface area (TPSA) is 75.5 Å². The van der Waals surface area contributed by atoms with Crippen LogP contribution in [0.4, 0.5) is 5.82 Å². The van der Waals surface area contributed by atoms with E-state index in [4.69, 9.17) is 16.3 Å². The molecular formula is C11H14ClN5O2. The third kappa shape index (κ3) is 2.19. The third-order valence-electron chi connectivity index (χ3n) is 3.19. The minimum Gasteiger partial charge on any atom is -0.373 e. The average Bonchev–Trinajstić information content (AvgIpc) is 2.81. The van der Waals surface area contributed by atoms with Crippen LogP contribution in [0.5, 0.6) is 0 Å². The van der Waals surface area contributed by atoms with Gasteiger partial charge in [-0.05, 0) is 6.92 Å². The fourth-order valence-corrected chi connectivity index (χ4v) is 2.45. The van der Waals surface area contributed by atoms with Crippen LogP contribution in [0.3, 0.4) is 0 Å². The number of morpholine rings is 1. The van der Waals surface area contributed by atoms with Crippen molar-refractivity contribution < 1.29 is 4.74 Å². The van der Waals surface area contributed by atoms with Crippen molar-refractivity contribution in [3.8, 4) is 0 Å². The molecule has 1 aliphatic rings. The lowest BCUT2D eigenvalue weighted by Gasteiger charge is -2.32. The molecule has 1 fully saturated rings. The molecule has 0 spiro atoms. The molecule has 1 unspecified atom stereocenters. The molecule has 0 saturated carbocycles. The van der Waals surface area contributed by atoms with Crippen molar-refractivity contribution in [1.29, 1.82) is 0 Å². The predicted molar refractivity (Wildman–Crippen MR) is 71.0 cm³/mol. The zero-order valence-corrected chi connectivity index (χ0v) is 11.2. The Morgan fingerprint density at radius 1 is 1.63 bits per heavy atom. The van der Waals surface area contributed by atoms with Crippen LogP contribution in [0.15, 0.2) is 10.9 Å². The van der Waals surface area contributed by atoms with E-state index in [1.165, 1.54) is 4.40 Å². The first-order valence-corrected chi connectivity index (χ1v) is 6.60. The highest BCUT2D eigenvalue weighted by atomic mass is 35.5. The van der Waals surface area contributed by atoms with E-state index in [9.17, 15) is 4.79 Å². The van der Waals surface area contributed by atoms with Gasteiger partial charge in [-0.25, -0.2) is 19.3 Å². The second-order valence-corrected chi connectivity index (χ2v) is 4.79. The highest BCUT2D eigenvalue weighted by Gasteiger charge is 2.21. The number of fused-ring (bicyclic) bond motifs is 1. The number of hydrogen-bond acceptors (Lipinski definition) is 5. The van der Waals surface area contributed by atoms with Gasteiger partial charge in [0.2, 0.25) is 0 Å². The maximum Gasteiger partial charge on any atom is 0.349 e. The Morgan fingerprint density at radius 3 is 3.26 bits per heavy atom. The lowest BCUT2D eigenvalue weighted by molar-refractivity contribution is 0.0551. The number of alkyl halides is 1. The number of aryl methyl sites for hydroxylation is 1. The molecule has 0 amide bonds. The molecule has 3 rings (SSSR count). The summed E-state index contributed by atoms with van der Waals surface area (Å²) in [4.78, 5) is 18.1. The van der Waals surface area contributed by atoms with Crippen molar-refractivity contribution in [3.05, 3.63) is 22.4 Å². The molecule has 0 bridgehead atoms. The Labute approximate surface area is 114 Å². The molecular weight excluding hydrogens is 270 g/mol. The highest BCUT2D eigenvalue weighted by Crippen LogP contribution is 2.17. The Balaban J connectivity index is 1.98. The third-order valence-corrected chi connectivity index (χ3v) is 3.54. The fourth-order valence-electron chi connectivity index (χ4n) is 2.27. The fraction of sp³-hybridized carbons (Fsp3) is 0.545. The van der Waals surface area contributed by atoms with Crippen molar-refractivity contribution in [3.63, 3.8) is 0 Å². The summed E-state index contributed by atoms with van der Waals surface area (Å²) in [6.07, 6.45) is 0.00938. The number of hydrogen-bond donors (Lipinski definition) is 1. The number of nitrogens with one attached hydrogen (secondary N) is 1. The number of H-pyrrole nitrogens is 1. The molecule has 7 nitrogen and oxygen atoms in total. The first-order chi connectivity index (χ1) is 9.19. The minimum atomic E-state index is -0.271. The van der Waals surface area contributed by atoms with E-state index in [1.807, 2.05) is 0 Å². The average molecular weight is 284 g/mol. The zero-order chi connectivity index (χ0) is 13.4. The first-order valence-electron chi connectivity index (χ1n) is 6.06. The number of nitrogens with zero attached hydrogens (tertiary/aromatic N) is 4. The number of anilines is 1. The normalized spacial score (nSPS) is 20.1. The van der Waals surface area contributed by atoms with Crippen molar-refractivity contribution in [2.75, 3.05) is 30.5 Å². The number of rotatable bonds is 2. The SMILES string of the molecule is Cc1nc(N2CCOC(CCl)C2)cc2n[nH]c(=O)n12. The van der Waals surface area contributed by atoms with Gasteiger partial charge in [0, 0.05) is 19.2 Å². The van der Waals surface area contributed by atoms with Crippen molar-refractivity contribution in [2.45, 2.75) is 13.0 Å². The Hall–Kier alpha value is -1.60. The van der Waals surface area contributed by atoms with Gasteiger partial charge in [-0.15, -0.1) is 11.6 Å². The summed E-state index contributed by atoms with van der Waals surface area (Å²) in [5.74, 6) is 1.86. The van der Waals surface area contributed by atoms with Crippen LogP contribution in [0, 0.1) is 6.92 Å². The van der Waals surface area contributed by atoms with Crippen LogP contribution in [0.1, 0.15) is 5.82 Å². The summed E-state index contributed by atoms with van der Waals surface area (Å²) in [5, 5.41) is 6.40. The molecule has 102 valence electrons. The minimum absolute atomic E-state index is 0.00938. The molecule has 2 aromatic rings. The van der Waals surface area contributed by atoms with Gasteiger partial charge in [-0.3, -0.25) is 0 Å². The number of halogens is 1. The van der Waals surface area contributed by atoms with E-state index >= 15 is 0 Å². The van der Waals surface area contributed by atoms with Gasteiger partial charge in [0.15, 0.2) is 5.65 Å². The maximum absolute atomic E-state index is 11.5.